The van der Waals surface area contributed by atoms with Gasteiger partial charge in [0, 0.05) is 18.3 Å². The van der Waals surface area contributed by atoms with Crippen LogP contribution in [-0.2, 0) is 0 Å². The molecule has 1 fully saturated rings. The highest BCUT2D eigenvalue weighted by Crippen LogP contribution is 2.23. The van der Waals surface area contributed by atoms with Gasteiger partial charge in [-0.1, -0.05) is 18.2 Å². The van der Waals surface area contributed by atoms with E-state index in [1.165, 1.54) is 31.5 Å². The summed E-state index contributed by atoms with van der Waals surface area (Å²) in [6.45, 7) is 3.55. The van der Waals surface area contributed by atoms with Crippen molar-refractivity contribution in [2.24, 2.45) is 0 Å². The Morgan fingerprint density at radius 1 is 1.15 bits per heavy atom. The van der Waals surface area contributed by atoms with Gasteiger partial charge in [0.2, 0.25) is 0 Å². The molecule has 0 N–H and O–H groups in total. The first-order chi connectivity index (χ1) is 6.38. The summed E-state index contributed by atoms with van der Waals surface area (Å²) >= 11 is 0. The summed E-state index contributed by atoms with van der Waals surface area (Å²) in [4.78, 5) is 2.52. The summed E-state index contributed by atoms with van der Waals surface area (Å²) in [6, 6.07) is 11.5. The molecule has 1 nitrogen and oxygen atoms in total. The van der Waals surface area contributed by atoms with E-state index in [4.69, 9.17) is 0 Å². The Hall–Kier alpha value is -0.980. The Kier molecular flexibility index (Phi) is 2.53. The molecular formula is C12H17N. The molecular weight excluding hydrogens is 158 g/mol. The molecule has 0 aromatic heterocycles. The van der Waals surface area contributed by atoms with Crippen LogP contribution in [-0.4, -0.2) is 12.6 Å². The summed E-state index contributed by atoms with van der Waals surface area (Å²) in [5.74, 6) is 0. The molecule has 0 unspecified atom stereocenters. The van der Waals surface area contributed by atoms with E-state index in [-0.39, 0.29) is 0 Å². The molecule has 0 radical (unpaired) electrons. The zero-order valence-electron chi connectivity index (χ0n) is 8.24. The molecule has 1 aromatic carbocycles. The molecule has 1 heterocycles. The molecule has 0 spiro atoms. The SMILES string of the molecule is C[C@H]1CCCCN1c1ccccc1. The van der Waals surface area contributed by atoms with Crippen molar-refractivity contribution in [2.75, 3.05) is 11.4 Å². The zero-order chi connectivity index (χ0) is 9.10. The molecule has 2 rings (SSSR count). The second-order valence-corrected chi connectivity index (χ2v) is 3.87. The number of hydrogen-bond acceptors (Lipinski definition) is 1. The number of para-hydroxylation sites is 1. The van der Waals surface area contributed by atoms with Crippen LogP contribution in [0.4, 0.5) is 5.69 Å². The van der Waals surface area contributed by atoms with Crippen molar-refractivity contribution in [3.05, 3.63) is 30.3 Å². The minimum atomic E-state index is 0.719. The predicted molar refractivity (Wildman–Crippen MR) is 57.1 cm³/mol. The van der Waals surface area contributed by atoms with Gasteiger partial charge in [0.25, 0.3) is 0 Å². The smallest absolute Gasteiger partial charge is 0.0368 e. The van der Waals surface area contributed by atoms with E-state index in [0.717, 1.165) is 6.04 Å². The van der Waals surface area contributed by atoms with E-state index in [2.05, 4.69) is 42.2 Å². The lowest BCUT2D eigenvalue weighted by molar-refractivity contribution is 0.485. The molecule has 1 aromatic rings. The predicted octanol–water partition coefficient (Wildman–Crippen LogP) is 3.07. The summed E-state index contributed by atoms with van der Waals surface area (Å²) < 4.78 is 0. The summed E-state index contributed by atoms with van der Waals surface area (Å²) in [6.07, 6.45) is 4.08. The largest absolute Gasteiger partial charge is 0.369 e. The third-order valence-corrected chi connectivity index (χ3v) is 2.89. The molecule has 1 atom stereocenters. The normalized spacial score (nSPS) is 23.2. The van der Waals surface area contributed by atoms with Gasteiger partial charge in [-0.05, 0) is 38.3 Å². The first kappa shape index (κ1) is 8.61. The number of nitrogens with zero attached hydrogens (tertiary/aromatic N) is 1. The average Bonchev–Trinajstić information content (AvgIpc) is 2.20. The van der Waals surface area contributed by atoms with Gasteiger partial charge in [0.05, 0.1) is 0 Å². The minimum absolute atomic E-state index is 0.719. The Balaban J connectivity index is 2.15. The van der Waals surface area contributed by atoms with Crippen molar-refractivity contribution in [3.63, 3.8) is 0 Å². The zero-order valence-corrected chi connectivity index (χ0v) is 8.24. The topological polar surface area (TPSA) is 3.24 Å². The van der Waals surface area contributed by atoms with Gasteiger partial charge in [-0.15, -0.1) is 0 Å². The Morgan fingerprint density at radius 2 is 1.92 bits per heavy atom. The second kappa shape index (κ2) is 3.82. The van der Waals surface area contributed by atoms with Crippen molar-refractivity contribution < 1.29 is 0 Å². The van der Waals surface area contributed by atoms with Crippen molar-refractivity contribution in [1.29, 1.82) is 0 Å². The molecule has 1 aliphatic rings. The van der Waals surface area contributed by atoms with Crippen LogP contribution in [0.15, 0.2) is 30.3 Å². The Labute approximate surface area is 80.4 Å². The highest BCUT2D eigenvalue weighted by molar-refractivity contribution is 5.47. The monoisotopic (exact) mass is 175 g/mol. The van der Waals surface area contributed by atoms with Crippen LogP contribution in [0.2, 0.25) is 0 Å². The highest BCUT2D eigenvalue weighted by Gasteiger charge is 2.17. The summed E-state index contributed by atoms with van der Waals surface area (Å²) in [7, 11) is 0. The van der Waals surface area contributed by atoms with Crippen molar-refractivity contribution in [2.45, 2.75) is 32.2 Å². The van der Waals surface area contributed by atoms with Gasteiger partial charge in [-0.3, -0.25) is 0 Å². The fraction of sp³-hybridized carbons (Fsp3) is 0.500. The summed E-state index contributed by atoms with van der Waals surface area (Å²) in [5.41, 5.74) is 1.38. The van der Waals surface area contributed by atoms with E-state index < -0.39 is 0 Å². The quantitative estimate of drug-likeness (QED) is 0.634. The lowest BCUT2D eigenvalue weighted by Gasteiger charge is -2.35. The van der Waals surface area contributed by atoms with Gasteiger partial charge >= 0.3 is 0 Å². The summed E-state index contributed by atoms with van der Waals surface area (Å²) in [5, 5.41) is 0. The molecule has 1 heteroatoms. The fourth-order valence-corrected chi connectivity index (χ4v) is 2.10. The number of rotatable bonds is 1. The first-order valence-electron chi connectivity index (χ1n) is 5.19. The number of anilines is 1. The van der Waals surface area contributed by atoms with E-state index in [1.54, 1.807) is 0 Å². The Bertz CT molecular complexity index is 255. The van der Waals surface area contributed by atoms with Crippen molar-refractivity contribution in [3.8, 4) is 0 Å². The molecule has 0 aliphatic carbocycles. The van der Waals surface area contributed by atoms with Crippen molar-refractivity contribution in [1.82, 2.24) is 0 Å². The molecule has 0 amide bonds. The van der Waals surface area contributed by atoms with Crippen LogP contribution < -0.4 is 4.90 Å². The first-order valence-corrected chi connectivity index (χ1v) is 5.19. The van der Waals surface area contributed by atoms with Gasteiger partial charge in [-0.25, -0.2) is 0 Å². The molecule has 13 heavy (non-hydrogen) atoms. The van der Waals surface area contributed by atoms with Crippen LogP contribution >= 0.6 is 0 Å². The number of benzene rings is 1. The van der Waals surface area contributed by atoms with Crippen LogP contribution in [0.25, 0.3) is 0 Å². The van der Waals surface area contributed by atoms with E-state index in [1.807, 2.05) is 0 Å². The third-order valence-electron chi connectivity index (χ3n) is 2.89. The van der Waals surface area contributed by atoms with Gasteiger partial charge in [0.15, 0.2) is 0 Å². The molecule has 1 saturated heterocycles. The van der Waals surface area contributed by atoms with Gasteiger partial charge in [-0.2, -0.15) is 0 Å². The van der Waals surface area contributed by atoms with E-state index >= 15 is 0 Å². The lowest BCUT2D eigenvalue weighted by Crippen LogP contribution is -2.37. The number of piperidine rings is 1. The van der Waals surface area contributed by atoms with Crippen LogP contribution in [0.1, 0.15) is 26.2 Å². The minimum Gasteiger partial charge on any atom is -0.369 e. The standard InChI is InChI=1S/C12H17N/c1-11-7-5-6-10-13(11)12-8-3-2-4-9-12/h2-4,8-9,11H,5-7,10H2,1H3/t11-/m0/s1. The Morgan fingerprint density at radius 3 is 2.62 bits per heavy atom. The van der Waals surface area contributed by atoms with Crippen LogP contribution in [0.5, 0.6) is 0 Å². The fourth-order valence-electron chi connectivity index (χ4n) is 2.10. The van der Waals surface area contributed by atoms with Crippen molar-refractivity contribution >= 4 is 5.69 Å². The maximum atomic E-state index is 2.52. The second-order valence-electron chi connectivity index (χ2n) is 3.87. The highest BCUT2D eigenvalue weighted by atomic mass is 15.2. The lowest BCUT2D eigenvalue weighted by atomic mass is 10.0. The van der Waals surface area contributed by atoms with E-state index in [9.17, 15) is 0 Å². The molecule has 0 saturated carbocycles. The number of hydrogen-bond donors (Lipinski definition) is 0. The molecule has 0 bridgehead atoms. The maximum Gasteiger partial charge on any atom is 0.0368 e. The van der Waals surface area contributed by atoms with Crippen LogP contribution in [0.3, 0.4) is 0 Å². The van der Waals surface area contributed by atoms with Gasteiger partial charge in [0.1, 0.15) is 0 Å². The molecule has 70 valence electrons. The van der Waals surface area contributed by atoms with Crippen LogP contribution in [0, 0.1) is 0 Å². The third kappa shape index (κ3) is 1.85. The average molecular weight is 175 g/mol. The molecule has 1 aliphatic heterocycles. The maximum absolute atomic E-state index is 2.52. The van der Waals surface area contributed by atoms with Gasteiger partial charge < -0.3 is 4.90 Å². The van der Waals surface area contributed by atoms with E-state index in [0.29, 0.717) is 0 Å².